The number of thiocarbonyl (C=S) groups is 1. The van der Waals surface area contributed by atoms with Crippen LogP contribution in [0.1, 0.15) is 37.8 Å². The lowest BCUT2D eigenvalue weighted by Crippen LogP contribution is -2.53. The number of hydrazine groups is 1. The van der Waals surface area contributed by atoms with Gasteiger partial charge in [0, 0.05) is 5.54 Å². The Bertz CT molecular complexity index is 641. The van der Waals surface area contributed by atoms with Crippen LogP contribution in [0.3, 0.4) is 0 Å². The highest BCUT2D eigenvalue weighted by atomic mass is 32.1. The van der Waals surface area contributed by atoms with E-state index < -0.39 is 5.92 Å². The van der Waals surface area contributed by atoms with Crippen LogP contribution in [0, 0.1) is 0 Å². The summed E-state index contributed by atoms with van der Waals surface area (Å²) < 4.78 is 0. The highest BCUT2D eigenvalue weighted by Crippen LogP contribution is 2.24. The predicted molar refractivity (Wildman–Crippen MR) is 101 cm³/mol. The number of nitrogens with one attached hydrogen (secondary N) is 3. The standard InChI is InChI=1S/C19H23N3OS/c1-19(2,3)20-18(24)22-21-17(23)16(14-10-6-4-7-11-14)15-12-8-5-9-13-15/h4-13,16H,1-3H3,(H,21,23)(H2,20,22,24). The van der Waals surface area contributed by atoms with Crippen molar-refractivity contribution in [1.29, 1.82) is 0 Å². The molecule has 0 saturated heterocycles. The summed E-state index contributed by atoms with van der Waals surface area (Å²) in [6, 6.07) is 19.4. The quantitative estimate of drug-likeness (QED) is 0.593. The van der Waals surface area contributed by atoms with E-state index in [0.717, 1.165) is 11.1 Å². The van der Waals surface area contributed by atoms with Crippen LogP contribution >= 0.6 is 12.2 Å². The molecule has 0 saturated carbocycles. The number of carbonyl (C=O) groups is 1. The van der Waals surface area contributed by atoms with Crippen molar-refractivity contribution in [3.8, 4) is 0 Å². The molecule has 0 fully saturated rings. The molecule has 0 aromatic heterocycles. The minimum Gasteiger partial charge on any atom is -0.357 e. The molecule has 4 nitrogen and oxygen atoms in total. The summed E-state index contributed by atoms with van der Waals surface area (Å²) in [5.41, 5.74) is 7.17. The van der Waals surface area contributed by atoms with E-state index in [1.807, 2.05) is 81.4 Å². The summed E-state index contributed by atoms with van der Waals surface area (Å²) in [6.45, 7) is 6.00. The second-order valence-corrected chi connectivity index (χ2v) is 6.98. The van der Waals surface area contributed by atoms with Crippen LogP contribution in [0.4, 0.5) is 0 Å². The van der Waals surface area contributed by atoms with Crippen molar-refractivity contribution in [1.82, 2.24) is 16.2 Å². The van der Waals surface area contributed by atoms with Gasteiger partial charge in [0.1, 0.15) is 0 Å². The highest BCUT2D eigenvalue weighted by molar-refractivity contribution is 7.80. The third-order valence-electron chi connectivity index (χ3n) is 3.32. The van der Waals surface area contributed by atoms with E-state index in [1.54, 1.807) is 0 Å². The number of amides is 1. The summed E-state index contributed by atoms with van der Waals surface area (Å²) in [6.07, 6.45) is 0. The molecule has 0 spiro atoms. The molecule has 3 N–H and O–H groups in total. The average molecular weight is 341 g/mol. The Morgan fingerprint density at radius 2 is 1.33 bits per heavy atom. The number of carbonyl (C=O) groups excluding carboxylic acids is 1. The first-order valence-electron chi connectivity index (χ1n) is 7.85. The van der Waals surface area contributed by atoms with E-state index in [0.29, 0.717) is 5.11 Å². The Labute approximate surface area is 148 Å². The van der Waals surface area contributed by atoms with Crippen molar-refractivity contribution in [3.05, 3.63) is 71.8 Å². The van der Waals surface area contributed by atoms with Gasteiger partial charge in [0.05, 0.1) is 5.92 Å². The fraction of sp³-hybridized carbons (Fsp3) is 0.263. The molecule has 24 heavy (non-hydrogen) atoms. The first-order valence-corrected chi connectivity index (χ1v) is 8.25. The minimum atomic E-state index is -0.405. The Hall–Kier alpha value is -2.40. The van der Waals surface area contributed by atoms with Crippen LogP contribution in [0.2, 0.25) is 0 Å². The number of hydrogen-bond donors (Lipinski definition) is 3. The highest BCUT2D eigenvalue weighted by Gasteiger charge is 2.22. The third-order valence-corrected chi connectivity index (χ3v) is 3.52. The van der Waals surface area contributed by atoms with Gasteiger partial charge in [-0.05, 0) is 44.1 Å². The van der Waals surface area contributed by atoms with Crippen molar-refractivity contribution in [2.24, 2.45) is 0 Å². The maximum atomic E-state index is 12.8. The molecule has 0 bridgehead atoms. The van der Waals surface area contributed by atoms with Crippen LogP contribution in [0.25, 0.3) is 0 Å². The molecular formula is C19H23N3OS. The lowest BCUT2D eigenvalue weighted by Gasteiger charge is -2.24. The summed E-state index contributed by atoms with van der Waals surface area (Å²) in [4.78, 5) is 12.8. The number of hydrogen-bond acceptors (Lipinski definition) is 2. The lowest BCUT2D eigenvalue weighted by atomic mass is 9.91. The number of rotatable bonds is 3. The maximum absolute atomic E-state index is 12.8. The van der Waals surface area contributed by atoms with Gasteiger partial charge in [-0.15, -0.1) is 0 Å². The monoisotopic (exact) mass is 341 g/mol. The molecular weight excluding hydrogens is 318 g/mol. The molecule has 0 aliphatic rings. The van der Waals surface area contributed by atoms with Gasteiger partial charge in [-0.2, -0.15) is 0 Å². The van der Waals surface area contributed by atoms with E-state index >= 15 is 0 Å². The average Bonchev–Trinajstić information content (AvgIpc) is 2.54. The van der Waals surface area contributed by atoms with Gasteiger partial charge in [0.15, 0.2) is 5.11 Å². The molecule has 0 heterocycles. The van der Waals surface area contributed by atoms with Crippen molar-refractivity contribution in [2.75, 3.05) is 0 Å². The van der Waals surface area contributed by atoms with E-state index in [-0.39, 0.29) is 11.4 Å². The van der Waals surface area contributed by atoms with Crippen molar-refractivity contribution < 1.29 is 4.79 Å². The topological polar surface area (TPSA) is 53.2 Å². The Kier molecular flexibility index (Phi) is 5.93. The zero-order valence-electron chi connectivity index (χ0n) is 14.2. The smallest absolute Gasteiger partial charge is 0.250 e. The van der Waals surface area contributed by atoms with Gasteiger partial charge in [-0.1, -0.05) is 60.7 Å². The lowest BCUT2D eigenvalue weighted by molar-refractivity contribution is -0.122. The molecule has 1 amide bonds. The second kappa shape index (κ2) is 7.93. The molecule has 126 valence electrons. The largest absolute Gasteiger partial charge is 0.357 e. The second-order valence-electron chi connectivity index (χ2n) is 6.57. The normalized spacial score (nSPS) is 11.0. The summed E-state index contributed by atoms with van der Waals surface area (Å²) in [5.74, 6) is -0.567. The SMILES string of the molecule is CC(C)(C)NC(=S)NNC(=O)C(c1ccccc1)c1ccccc1. The van der Waals surface area contributed by atoms with E-state index in [1.165, 1.54) is 0 Å². The fourth-order valence-electron chi connectivity index (χ4n) is 2.35. The molecule has 2 aromatic rings. The molecule has 0 atom stereocenters. The van der Waals surface area contributed by atoms with Gasteiger partial charge < -0.3 is 5.32 Å². The van der Waals surface area contributed by atoms with Gasteiger partial charge in [0.2, 0.25) is 5.91 Å². The Morgan fingerprint density at radius 1 is 0.875 bits per heavy atom. The van der Waals surface area contributed by atoms with Crippen LogP contribution in [0.5, 0.6) is 0 Å². The first kappa shape index (κ1) is 17.9. The Balaban J connectivity index is 2.13. The van der Waals surface area contributed by atoms with E-state index in [9.17, 15) is 4.79 Å². The van der Waals surface area contributed by atoms with E-state index in [4.69, 9.17) is 12.2 Å². The molecule has 0 aliphatic carbocycles. The van der Waals surface area contributed by atoms with Gasteiger partial charge in [-0.3, -0.25) is 15.6 Å². The predicted octanol–water partition coefficient (Wildman–Crippen LogP) is 3.11. The van der Waals surface area contributed by atoms with Crippen LogP contribution in [-0.4, -0.2) is 16.6 Å². The van der Waals surface area contributed by atoms with E-state index in [2.05, 4.69) is 16.2 Å². The van der Waals surface area contributed by atoms with Crippen LogP contribution in [0.15, 0.2) is 60.7 Å². The zero-order chi connectivity index (χ0) is 17.6. The molecule has 2 rings (SSSR count). The van der Waals surface area contributed by atoms with Gasteiger partial charge in [0.25, 0.3) is 0 Å². The Morgan fingerprint density at radius 3 is 1.75 bits per heavy atom. The maximum Gasteiger partial charge on any atom is 0.250 e. The fourth-order valence-corrected chi connectivity index (χ4v) is 2.71. The van der Waals surface area contributed by atoms with Crippen molar-refractivity contribution >= 4 is 23.2 Å². The minimum absolute atomic E-state index is 0.162. The molecule has 2 aromatic carbocycles. The van der Waals surface area contributed by atoms with Crippen molar-refractivity contribution in [3.63, 3.8) is 0 Å². The zero-order valence-corrected chi connectivity index (χ0v) is 15.0. The van der Waals surface area contributed by atoms with Gasteiger partial charge in [-0.25, -0.2) is 0 Å². The van der Waals surface area contributed by atoms with Crippen LogP contribution < -0.4 is 16.2 Å². The van der Waals surface area contributed by atoms with Crippen LogP contribution in [-0.2, 0) is 4.79 Å². The summed E-state index contributed by atoms with van der Waals surface area (Å²) >= 11 is 5.20. The summed E-state index contributed by atoms with van der Waals surface area (Å²) in [7, 11) is 0. The van der Waals surface area contributed by atoms with Gasteiger partial charge >= 0.3 is 0 Å². The van der Waals surface area contributed by atoms with Crippen molar-refractivity contribution in [2.45, 2.75) is 32.2 Å². The molecule has 5 heteroatoms. The number of benzene rings is 2. The third kappa shape index (κ3) is 5.35. The molecule has 0 aliphatic heterocycles. The molecule has 0 unspecified atom stereocenters. The molecule has 0 radical (unpaired) electrons. The summed E-state index contributed by atoms with van der Waals surface area (Å²) in [5, 5.41) is 3.48. The first-order chi connectivity index (χ1) is 11.4.